The van der Waals surface area contributed by atoms with Crippen LogP contribution in [0.15, 0.2) is 53.4 Å². The summed E-state index contributed by atoms with van der Waals surface area (Å²) >= 11 is 0. The second kappa shape index (κ2) is 7.17. The molecule has 2 aromatic carbocycles. The number of sulfonamides is 1. The highest BCUT2D eigenvalue weighted by Crippen LogP contribution is 2.21. The van der Waals surface area contributed by atoms with Crippen LogP contribution in [0.5, 0.6) is 11.5 Å². The molecule has 5 nitrogen and oxygen atoms in total. The Hall–Kier alpha value is -2.21. The van der Waals surface area contributed by atoms with Crippen molar-refractivity contribution >= 4 is 15.7 Å². The average molecular weight is 321 g/mol. The molecule has 0 unspecified atom stereocenters. The van der Waals surface area contributed by atoms with Gasteiger partial charge in [-0.2, -0.15) is 0 Å². The lowest BCUT2D eigenvalue weighted by atomic mass is 10.3. The molecule has 0 aliphatic heterocycles. The molecule has 0 bridgehead atoms. The van der Waals surface area contributed by atoms with E-state index in [1.807, 2.05) is 13.8 Å². The molecule has 0 aliphatic rings. The topological polar surface area (TPSA) is 64.6 Å². The molecule has 0 radical (unpaired) electrons. The number of benzene rings is 2. The van der Waals surface area contributed by atoms with Gasteiger partial charge < -0.3 is 9.47 Å². The highest BCUT2D eigenvalue weighted by molar-refractivity contribution is 7.92. The molecule has 1 N–H and O–H groups in total. The normalized spacial score (nSPS) is 11.0. The third kappa shape index (κ3) is 4.14. The van der Waals surface area contributed by atoms with Gasteiger partial charge >= 0.3 is 0 Å². The lowest BCUT2D eigenvalue weighted by Crippen LogP contribution is -2.12. The molecular formula is C16H19NO4S. The Morgan fingerprint density at radius 3 is 1.73 bits per heavy atom. The predicted molar refractivity (Wildman–Crippen MR) is 86.0 cm³/mol. The minimum atomic E-state index is -3.62. The van der Waals surface area contributed by atoms with E-state index in [2.05, 4.69) is 4.72 Å². The third-order valence-corrected chi connectivity index (χ3v) is 4.26. The van der Waals surface area contributed by atoms with Crippen LogP contribution in [0.4, 0.5) is 5.69 Å². The Morgan fingerprint density at radius 1 is 0.818 bits per heavy atom. The molecule has 0 aliphatic carbocycles. The maximum Gasteiger partial charge on any atom is 0.261 e. The standard InChI is InChI=1S/C16H19NO4S/c1-3-20-14-7-5-13(6-8-14)17-22(18,19)16-11-9-15(10-12-16)21-4-2/h5-12,17H,3-4H2,1-2H3. The SMILES string of the molecule is CCOc1ccc(NS(=O)(=O)c2ccc(OCC)cc2)cc1. The van der Waals surface area contributed by atoms with Gasteiger partial charge in [0.05, 0.1) is 18.1 Å². The van der Waals surface area contributed by atoms with E-state index in [4.69, 9.17) is 9.47 Å². The number of hydrogen-bond acceptors (Lipinski definition) is 4. The maximum atomic E-state index is 12.3. The van der Waals surface area contributed by atoms with Crippen LogP contribution in [0.25, 0.3) is 0 Å². The molecule has 0 fully saturated rings. The van der Waals surface area contributed by atoms with Crippen LogP contribution in [0, 0.1) is 0 Å². The molecule has 118 valence electrons. The molecule has 0 aromatic heterocycles. The molecule has 0 saturated heterocycles. The highest BCUT2D eigenvalue weighted by Gasteiger charge is 2.14. The van der Waals surface area contributed by atoms with Crippen LogP contribution in [-0.2, 0) is 10.0 Å². The minimum Gasteiger partial charge on any atom is -0.494 e. The highest BCUT2D eigenvalue weighted by atomic mass is 32.2. The first kappa shape index (κ1) is 16.2. The smallest absolute Gasteiger partial charge is 0.261 e. The van der Waals surface area contributed by atoms with Crippen LogP contribution in [0.2, 0.25) is 0 Å². The van der Waals surface area contributed by atoms with Gasteiger partial charge in [0.15, 0.2) is 0 Å². The van der Waals surface area contributed by atoms with Crippen molar-refractivity contribution in [1.29, 1.82) is 0 Å². The number of rotatable bonds is 7. The zero-order valence-corrected chi connectivity index (χ0v) is 13.4. The van der Waals surface area contributed by atoms with Crippen molar-refractivity contribution in [3.05, 3.63) is 48.5 Å². The van der Waals surface area contributed by atoms with Gasteiger partial charge in [0.1, 0.15) is 11.5 Å². The first-order valence-corrected chi connectivity index (χ1v) is 8.52. The van der Waals surface area contributed by atoms with Crippen LogP contribution in [0.3, 0.4) is 0 Å². The fourth-order valence-electron chi connectivity index (χ4n) is 1.88. The van der Waals surface area contributed by atoms with Crippen molar-refractivity contribution in [3.8, 4) is 11.5 Å². The van der Waals surface area contributed by atoms with Crippen LogP contribution in [0.1, 0.15) is 13.8 Å². The summed E-state index contributed by atoms with van der Waals surface area (Å²) in [6.45, 7) is 4.87. The zero-order chi connectivity index (χ0) is 16.0. The summed E-state index contributed by atoms with van der Waals surface area (Å²) in [5.74, 6) is 1.34. The molecule has 0 atom stereocenters. The minimum absolute atomic E-state index is 0.185. The van der Waals surface area contributed by atoms with Gasteiger partial charge in [-0.25, -0.2) is 8.42 Å². The fraction of sp³-hybridized carbons (Fsp3) is 0.250. The fourth-order valence-corrected chi connectivity index (χ4v) is 2.94. The Bertz CT molecular complexity index is 694. The third-order valence-electron chi connectivity index (χ3n) is 2.86. The average Bonchev–Trinajstić information content (AvgIpc) is 2.50. The maximum absolute atomic E-state index is 12.3. The Morgan fingerprint density at radius 2 is 1.27 bits per heavy atom. The van der Waals surface area contributed by atoms with E-state index >= 15 is 0 Å². The van der Waals surface area contributed by atoms with Gasteiger partial charge in [-0.3, -0.25) is 4.72 Å². The van der Waals surface area contributed by atoms with E-state index in [1.165, 1.54) is 12.1 Å². The van der Waals surface area contributed by atoms with Crippen LogP contribution in [-0.4, -0.2) is 21.6 Å². The van der Waals surface area contributed by atoms with E-state index in [9.17, 15) is 8.42 Å². The van der Waals surface area contributed by atoms with Gasteiger partial charge in [0.2, 0.25) is 0 Å². The summed E-state index contributed by atoms with van der Waals surface area (Å²) in [6.07, 6.45) is 0. The second-order valence-corrected chi connectivity index (χ2v) is 6.15. The lowest BCUT2D eigenvalue weighted by Gasteiger charge is -2.10. The Balaban J connectivity index is 2.12. The van der Waals surface area contributed by atoms with E-state index < -0.39 is 10.0 Å². The van der Waals surface area contributed by atoms with E-state index in [0.717, 1.165) is 0 Å². The summed E-state index contributed by atoms with van der Waals surface area (Å²) in [4.78, 5) is 0.185. The molecule has 2 aromatic rings. The van der Waals surface area contributed by atoms with Crippen molar-refractivity contribution in [3.63, 3.8) is 0 Å². The van der Waals surface area contributed by atoms with Crippen molar-refractivity contribution in [2.75, 3.05) is 17.9 Å². The molecule has 0 spiro atoms. The van der Waals surface area contributed by atoms with Gasteiger partial charge in [-0.05, 0) is 62.4 Å². The predicted octanol–water partition coefficient (Wildman–Crippen LogP) is 3.28. The van der Waals surface area contributed by atoms with Crippen LogP contribution >= 0.6 is 0 Å². The van der Waals surface area contributed by atoms with Gasteiger partial charge in [-0.15, -0.1) is 0 Å². The molecule has 22 heavy (non-hydrogen) atoms. The molecule has 6 heteroatoms. The quantitative estimate of drug-likeness (QED) is 0.850. The lowest BCUT2D eigenvalue weighted by molar-refractivity contribution is 0.340. The molecule has 0 amide bonds. The Kier molecular flexibility index (Phi) is 5.27. The van der Waals surface area contributed by atoms with Crippen molar-refractivity contribution in [2.45, 2.75) is 18.7 Å². The molecular weight excluding hydrogens is 302 g/mol. The molecule has 0 saturated carbocycles. The van der Waals surface area contributed by atoms with E-state index in [-0.39, 0.29) is 4.90 Å². The number of hydrogen-bond donors (Lipinski definition) is 1. The second-order valence-electron chi connectivity index (χ2n) is 4.47. The number of anilines is 1. The van der Waals surface area contributed by atoms with Crippen LogP contribution < -0.4 is 14.2 Å². The monoisotopic (exact) mass is 321 g/mol. The molecule has 2 rings (SSSR count). The van der Waals surface area contributed by atoms with Gasteiger partial charge in [0, 0.05) is 5.69 Å². The number of nitrogens with one attached hydrogen (secondary N) is 1. The number of ether oxygens (including phenoxy) is 2. The van der Waals surface area contributed by atoms with Gasteiger partial charge in [0.25, 0.3) is 10.0 Å². The largest absolute Gasteiger partial charge is 0.494 e. The van der Waals surface area contributed by atoms with Crippen molar-refractivity contribution in [2.24, 2.45) is 0 Å². The van der Waals surface area contributed by atoms with E-state index in [0.29, 0.717) is 30.4 Å². The first-order chi connectivity index (χ1) is 10.5. The summed E-state index contributed by atoms with van der Waals surface area (Å²) in [5, 5.41) is 0. The zero-order valence-electron chi connectivity index (χ0n) is 12.6. The van der Waals surface area contributed by atoms with Crippen molar-refractivity contribution < 1.29 is 17.9 Å². The van der Waals surface area contributed by atoms with Crippen molar-refractivity contribution in [1.82, 2.24) is 0 Å². The van der Waals surface area contributed by atoms with Gasteiger partial charge in [-0.1, -0.05) is 0 Å². The van der Waals surface area contributed by atoms with E-state index in [1.54, 1.807) is 36.4 Å². The summed E-state index contributed by atoms with van der Waals surface area (Å²) in [7, 11) is -3.62. The summed E-state index contributed by atoms with van der Waals surface area (Å²) < 4.78 is 37.7. The summed E-state index contributed by atoms with van der Waals surface area (Å²) in [6, 6.07) is 13.1. The summed E-state index contributed by atoms with van der Waals surface area (Å²) in [5.41, 5.74) is 0.484. The molecule has 0 heterocycles. The first-order valence-electron chi connectivity index (χ1n) is 7.03. The Labute approximate surface area is 130 Å².